The number of anilines is 2. The molecule has 1 saturated heterocycles. The van der Waals surface area contributed by atoms with Gasteiger partial charge in [-0.05, 0) is 49.9 Å². The van der Waals surface area contributed by atoms with E-state index in [1.165, 1.54) is 12.0 Å². The molecule has 0 bridgehead atoms. The van der Waals surface area contributed by atoms with Gasteiger partial charge in [0, 0.05) is 24.8 Å². The lowest BCUT2D eigenvalue weighted by atomic mass is 9.92. The van der Waals surface area contributed by atoms with Crippen molar-refractivity contribution < 1.29 is 0 Å². The Hall–Kier alpha value is -2.21. The van der Waals surface area contributed by atoms with E-state index in [4.69, 9.17) is 17.2 Å². The minimum atomic E-state index is 0.110. The highest BCUT2D eigenvalue weighted by atomic mass is 32.1. The van der Waals surface area contributed by atoms with Gasteiger partial charge in [0.15, 0.2) is 5.11 Å². The van der Waals surface area contributed by atoms with Crippen molar-refractivity contribution in [2.75, 3.05) is 23.3 Å². The first-order valence-corrected chi connectivity index (χ1v) is 10.0. The number of benzene rings is 1. The average Bonchev–Trinajstić information content (AvgIpc) is 2.61. The second-order valence-electron chi connectivity index (χ2n) is 7.77. The molecule has 2 N–H and O–H groups in total. The first-order valence-electron chi connectivity index (χ1n) is 9.64. The summed E-state index contributed by atoms with van der Waals surface area (Å²) in [4.78, 5) is 11.6. The zero-order chi connectivity index (χ0) is 19.4. The highest BCUT2D eigenvalue weighted by Gasteiger charge is 2.23. The van der Waals surface area contributed by atoms with Crippen molar-refractivity contribution in [2.45, 2.75) is 40.2 Å². The standard InChI is InChI=1S/C21H29N5S/c1-14-10-15(2)13-26(12-14)19-11-16(3)22-20(24-19)25-21(27)23-17(4)18-8-6-5-7-9-18/h5-9,11,14-15,17H,10,12-13H2,1-4H3,(H2,22,23,24,25,27)/t14-,15+,17-/m1/s1. The highest BCUT2D eigenvalue weighted by Crippen LogP contribution is 2.26. The molecule has 1 aromatic heterocycles. The molecule has 2 aromatic rings. The monoisotopic (exact) mass is 383 g/mol. The predicted molar refractivity (Wildman–Crippen MR) is 116 cm³/mol. The van der Waals surface area contributed by atoms with Crippen molar-refractivity contribution in [3.63, 3.8) is 0 Å². The van der Waals surface area contributed by atoms with Crippen molar-refractivity contribution in [1.29, 1.82) is 0 Å². The summed E-state index contributed by atoms with van der Waals surface area (Å²) in [7, 11) is 0. The van der Waals surface area contributed by atoms with E-state index in [9.17, 15) is 0 Å². The summed E-state index contributed by atoms with van der Waals surface area (Å²) >= 11 is 5.48. The summed E-state index contributed by atoms with van der Waals surface area (Å²) in [5, 5.41) is 6.99. The first-order chi connectivity index (χ1) is 12.9. The van der Waals surface area contributed by atoms with Crippen molar-refractivity contribution in [2.24, 2.45) is 11.8 Å². The molecule has 0 spiro atoms. The Kier molecular flexibility index (Phi) is 6.26. The number of hydrogen-bond acceptors (Lipinski definition) is 4. The third kappa shape index (κ3) is 5.39. The van der Waals surface area contributed by atoms with E-state index in [2.05, 4.69) is 59.5 Å². The molecule has 144 valence electrons. The SMILES string of the molecule is Cc1cc(N2C[C@H](C)C[C@H](C)C2)nc(NC(=S)N[C@H](C)c2ccccc2)n1. The normalized spacial score (nSPS) is 20.8. The zero-order valence-corrected chi connectivity index (χ0v) is 17.4. The van der Waals surface area contributed by atoms with Gasteiger partial charge in [-0.2, -0.15) is 4.98 Å². The topological polar surface area (TPSA) is 53.1 Å². The highest BCUT2D eigenvalue weighted by molar-refractivity contribution is 7.80. The molecule has 0 aliphatic carbocycles. The Morgan fingerprint density at radius 3 is 2.48 bits per heavy atom. The van der Waals surface area contributed by atoms with Crippen LogP contribution in [0.15, 0.2) is 36.4 Å². The van der Waals surface area contributed by atoms with Gasteiger partial charge in [0.05, 0.1) is 6.04 Å². The van der Waals surface area contributed by atoms with E-state index < -0.39 is 0 Å². The van der Waals surface area contributed by atoms with E-state index in [1.807, 2.05) is 25.1 Å². The Balaban J connectivity index is 1.68. The molecular weight excluding hydrogens is 354 g/mol. The third-order valence-electron chi connectivity index (χ3n) is 4.91. The number of thiocarbonyl (C=S) groups is 1. The van der Waals surface area contributed by atoms with Crippen molar-refractivity contribution in [3.05, 3.63) is 47.7 Å². The predicted octanol–water partition coefficient (Wildman–Crippen LogP) is 4.31. The van der Waals surface area contributed by atoms with Crippen LogP contribution in [0.5, 0.6) is 0 Å². The van der Waals surface area contributed by atoms with Crippen LogP contribution in [0.3, 0.4) is 0 Å². The second kappa shape index (κ2) is 8.65. The van der Waals surface area contributed by atoms with E-state index in [0.717, 1.165) is 24.6 Å². The van der Waals surface area contributed by atoms with Crippen LogP contribution in [0.1, 0.15) is 44.5 Å². The van der Waals surface area contributed by atoms with Gasteiger partial charge in [0.1, 0.15) is 5.82 Å². The maximum absolute atomic E-state index is 5.48. The van der Waals surface area contributed by atoms with Gasteiger partial charge in [0.2, 0.25) is 5.95 Å². The lowest BCUT2D eigenvalue weighted by molar-refractivity contribution is 0.355. The molecular formula is C21H29N5S. The van der Waals surface area contributed by atoms with Crippen LogP contribution >= 0.6 is 12.2 Å². The molecule has 1 aliphatic rings. The summed E-state index contributed by atoms with van der Waals surface area (Å²) in [6.45, 7) is 10.8. The molecule has 0 unspecified atom stereocenters. The number of aromatic nitrogens is 2. The van der Waals surface area contributed by atoms with Gasteiger partial charge in [0.25, 0.3) is 0 Å². The molecule has 3 rings (SSSR count). The molecule has 6 heteroatoms. The van der Waals surface area contributed by atoms with Crippen LogP contribution in [0.25, 0.3) is 0 Å². The summed E-state index contributed by atoms with van der Waals surface area (Å²) in [5.41, 5.74) is 2.12. The maximum atomic E-state index is 5.48. The summed E-state index contributed by atoms with van der Waals surface area (Å²) in [6, 6.07) is 12.4. The van der Waals surface area contributed by atoms with E-state index >= 15 is 0 Å². The average molecular weight is 384 g/mol. The fraction of sp³-hybridized carbons (Fsp3) is 0.476. The Labute approximate surface area is 167 Å². The third-order valence-corrected chi connectivity index (χ3v) is 5.13. The van der Waals surface area contributed by atoms with Crippen LogP contribution < -0.4 is 15.5 Å². The molecule has 27 heavy (non-hydrogen) atoms. The Bertz CT molecular complexity index is 769. The minimum absolute atomic E-state index is 0.110. The fourth-order valence-electron chi connectivity index (χ4n) is 3.78. The number of aryl methyl sites for hydroxylation is 1. The van der Waals surface area contributed by atoms with Crippen LogP contribution in [0.4, 0.5) is 11.8 Å². The fourth-order valence-corrected chi connectivity index (χ4v) is 4.05. The Morgan fingerprint density at radius 1 is 1.15 bits per heavy atom. The first kappa shape index (κ1) is 19.5. The number of rotatable bonds is 4. The summed E-state index contributed by atoms with van der Waals surface area (Å²) in [5.74, 6) is 2.88. The van der Waals surface area contributed by atoms with Crippen molar-refractivity contribution in [3.8, 4) is 0 Å². The van der Waals surface area contributed by atoms with Crippen molar-refractivity contribution >= 4 is 29.1 Å². The van der Waals surface area contributed by atoms with Gasteiger partial charge in [-0.3, -0.25) is 0 Å². The van der Waals surface area contributed by atoms with Crippen LogP contribution in [-0.4, -0.2) is 28.2 Å². The van der Waals surface area contributed by atoms with Crippen LogP contribution in [0, 0.1) is 18.8 Å². The quantitative estimate of drug-likeness (QED) is 0.767. The van der Waals surface area contributed by atoms with Gasteiger partial charge in [-0.1, -0.05) is 44.2 Å². The molecule has 0 radical (unpaired) electrons. The number of nitrogens with one attached hydrogen (secondary N) is 2. The minimum Gasteiger partial charge on any atom is -0.356 e. The van der Waals surface area contributed by atoms with Gasteiger partial charge >= 0.3 is 0 Å². The second-order valence-corrected chi connectivity index (χ2v) is 8.18. The zero-order valence-electron chi connectivity index (χ0n) is 16.6. The molecule has 1 fully saturated rings. The maximum Gasteiger partial charge on any atom is 0.231 e. The lowest BCUT2D eigenvalue weighted by Crippen LogP contribution is -2.39. The van der Waals surface area contributed by atoms with Gasteiger partial charge in [-0.25, -0.2) is 4.98 Å². The van der Waals surface area contributed by atoms with Gasteiger partial charge < -0.3 is 15.5 Å². The lowest BCUT2D eigenvalue weighted by Gasteiger charge is -2.36. The van der Waals surface area contributed by atoms with Crippen molar-refractivity contribution in [1.82, 2.24) is 15.3 Å². The molecule has 1 aromatic carbocycles. The van der Waals surface area contributed by atoms with E-state index in [-0.39, 0.29) is 6.04 Å². The van der Waals surface area contributed by atoms with Gasteiger partial charge in [-0.15, -0.1) is 0 Å². The smallest absolute Gasteiger partial charge is 0.231 e. The molecule has 3 atom stereocenters. The van der Waals surface area contributed by atoms with E-state index in [0.29, 0.717) is 22.9 Å². The van der Waals surface area contributed by atoms with Crippen LogP contribution in [-0.2, 0) is 0 Å². The molecule has 5 nitrogen and oxygen atoms in total. The number of piperidine rings is 1. The summed E-state index contributed by atoms with van der Waals surface area (Å²) < 4.78 is 0. The van der Waals surface area contributed by atoms with Crippen LogP contribution in [0.2, 0.25) is 0 Å². The molecule has 2 heterocycles. The molecule has 0 saturated carbocycles. The van der Waals surface area contributed by atoms with E-state index in [1.54, 1.807) is 0 Å². The number of nitrogens with zero attached hydrogens (tertiary/aromatic N) is 3. The summed E-state index contributed by atoms with van der Waals surface area (Å²) in [6.07, 6.45) is 1.27. The molecule has 1 aliphatic heterocycles. The molecule has 0 amide bonds. The Morgan fingerprint density at radius 2 is 1.81 bits per heavy atom. The number of hydrogen-bond donors (Lipinski definition) is 2. The largest absolute Gasteiger partial charge is 0.356 e.